The first kappa shape index (κ1) is 24.5. The van der Waals surface area contributed by atoms with E-state index in [9.17, 15) is 9.59 Å². The van der Waals surface area contributed by atoms with E-state index in [0.717, 1.165) is 6.42 Å². The van der Waals surface area contributed by atoms with Gasteiger partial charge in [0.2, 0.25) is 0 Å². The summed E-state index contributed by atoms with van der Waals surface area (Å²) < 4.78 is 12.2. The minimum atomic E-state index is -0.420. The molecule has 0 bridgehead atoms. The van der Waals surface area contributed by atoms with Crippen molar-refractivity contribution in [1.29, 1.82) is 0 Å². The fourth-order valence-electron chi connectivity index (χ4n) is 3.83. The van der Waals surface area contributed by atoms with Crippen LogP contribution in [0.4, 0.5) is 0 Å². The molecule has 2 aromatic carbocycles. The van der Waals surface area contributed by atoms with E-state index in [0.29, 0.717) is 53.7 Å². The second-order valence-corrected chi connectivity index (χ2v) is 8.53. The van der Waals surface area contributed by atoms with Crippen molar-refractivity contribution in [3.8, 4) is 5.75 Å². The van der Waals surface area contributed by atoms with Crippen molar-refractivity contribution in [2.24, 2.45) is 5.92 Å². The molecule has 3 aromatic rings. The smallest absolute Gasteiger partial charge is 0.261 e. The highest BCUT2D eigenvalue weighted by atomic mass is 16.5. The van der Waals surface area contributed by atoms with Crippen molar-refractivity contribution >= 4 is 16.8 Å². The zero-order valence-corrected chi connectivity index (χ0v) is 20.1. The highest BCUT2D eigenvalue weighted by Gasteiger charge is 2.27. The van der Waals surface area contributed by atoms with Crippen molar-refractivity contribution in [3.63, 3.8) is 0 Å². The average Bonchev–Trinajstić information content (AvgIpc) is 2.83. The number of ether oxygens (including phenoxy) is 2. The third-order valence-electron chi connectivity index (χ3n) is 5.78. The number of benzene rings is 2. The number of para-hydroxylation sites is 1. The van der Waals surface area contributed by atoms with E-state index in [2.05, 4.69) is 13.8 Å². The molecule has 0 aliphatic carbocycles. The maximum atomic E-state index is 13.6. The zero-order chi connectivity index (χ0) is 24.0. The average molecular weight is 452 g/mol. The van der Waals surface area contributed by atoms with Gasteiger partial charge >= 0.3 is 0 Å². The van der Waals surface area contributed by atoms with E-state index in [1.807, 2.05) is 31.2 Å². The van der Waals surface area contributed by atoms with E-state index in [4.69, 9.17) is 14.5 Å². The van der Waals surface area contributed by atoms with Crippen LogP contribution in [0.15, 0.2) is 53.3 Å². The summed E-state index contributed by atoms with van der Waals surface area (Å²) in [6, 6.07) is 14.0. The van der Waals surface area contributed by atoms with Gasteiger partial charge in [-0.05, 0) is 49.6 Å². The Morgan fingerprint density at radius 1 is 1.09 bits per heavy atom. The Labute approximate surface area is 195 Å². The van der Waals surface area contributed by atoms with Crippen LogP contribution in [0.5, 0.6) is 5.75 Å². The maximum absolute atomic E-state index is 13.6. The minimum Gasteiger partial charge on any atom is -0.497 e. The fourth-order valence-corrected chi connectivity index (χ4v) is 3.83. The number of hydrogen-bond donors (Lipinski definition) is 0. The summed E-state index contributed by atoms with van der Waals surface area (Å²) >= 11 is 0. The lowest BCUT2D eigenvalue weighted by molar-refractivity contribution is 0.0667. The Hall–Kier alpha value is -3.19. The number of nitrogens with zero attached hydrogens (tertiary/aromatic N) is 3. The van der Waals surface area contributed by atoms with Crippen molar-refractivity contribution < 1.29 is 14.3 Å². The minimum absolute atomic E-state index is 0.122. The molecule has 0 saturated carbocycles. The van der Waals surface area contributed by atoms with Crippen molar-refractivity contribution in [3.05, 3.63) is 70.3 Å². The van der Waals surface area contributed by atoms with Gasteiger partial charge in [0.15, 0.2) is 0 Å². The second-order valence-electron chi connectivity index (χ2n) is 8.53. The Balaban J connectivity index is 2.10. The SMILES string of the molecule is COCCn1c(C(C)N(CCC(C)C)C(=O)c2cccc(OC)c2)nc2ccccc2c1=O. The fraction of sp³-hybridized carbons (Fsp3) is 0.423. The Morgan fingerprint density at radius 2 is 1.85 bits per heavy atom. The molecule has 0 aliphatic heterocycles. The van der Waals surface area contributed by atoms with Gasteiger partial charge in [-0.15, -0.1) is 0 Å². The third kappa shape index (κ3) is 5.60. The lowest BCUT2D eigenvalue weighted by Gasteiger charge is -2.31. The summed E-state index contributed by atoms with van der Waals surface area (Å²) in [7, 11) is 3.18. The van der Waals surface area contributed by atoms with Crippen LogP contribution < -0.4 is 10.3 Å². The van der Waals surface area contributed by atoms with Crippen LogP contribution in [-0.2, 0) is 11.3 Å². The van der Waals surface area contributed by atoms with Gasteiger partial charge < -0.3 is 14.4 Å². The normalized spacial score (nSPS) is 12.2. The topological polar surface area (TPSA) is 73.7 Å². The van der Waals surface area contributed by atoms with Crippen molar-refractivity contribution in [2.45, 2.75) is 39.8 Å². The first-order chi connectivity index (χ1) is 15.9. The molecule has 0 aliphatic rings. The molecule has 0 N–H and O–H groups in total. The number of carbonyl (C=O) groups is 1. The largest absolute Gasteiger partial charge is 0.497 e. The maximum Gasteiger partial charge on any atom is 0.261 e. The van der Waals surface area contributed by atoms with Crippen LogP contribution in [-0.4, -0.2) is 47.7 Å². The molecule has 176 valence electrons. The summed E-state index contributed by atoms with van der Waals surface area (Å²) in [5.74, 6) is 1.47. The van der Waals surface area contributed by atoms with E-state index in [1.165, 1.54) is 0 Å². The van der Waals surface area contributed by atoms with E-state index in [-0.39, 0.29) is 11.5 Å². The number of fused-ring (bicyclic) bond motifs is 1. The molecule has 1 heterocycles. The van der Waals surface area contributed by atoms with Crippen LogP contribution in [0, 0.1) is 5.92 Å². The van der Waals surface area contributed by atoms with Gasteiger partial charge in [0.25, 0.3) is 11.5 Å². The quantitative estimate of drug-likeness (QED) is 0.459. The molecule has 7 nitrogen and oxygen atoms in total. The molecular formula is C26H33N3O4. The predicted molar refractivity (Wildman–Crippen MR) is 130 cm³/mol. The van der Waals surface area contributed by atoms with Crippen LogP contribution in [0.1, 0.15) is 49.4 Å². The summed E-state index contributed by atoms with van der Waals surface area (Å²) in [4.78, 5) is 33.6. The number of methoxy groups -OCH3 is 2. The Bertz CT molecular complexity index is 1160. The highest BCUT2D eigenvalue weighted by Crippen LogP contribution is 2.25. The molecule has 3 rings (SSSR count). The number of rotatable bonds is 10. The van der Waals surface area contributed by atoms with E-state index >= 15 is 0 Å². The summed E-state index contributed by atoms with van der Waals surface area (Å²) in [6.45, 7) is 7.46. The number of hydrogen-bond acceptors (Lipinski definition) is 5. The molecular weight excluding hydrogens is 418 g/mol. The molecule has 1 unspecified atom stereocenters. The van der Waals surface area contributed by atoms with Gasteiger partial charge in [-0.25, -0.2) is 4.98 Å². The Kier molecular flexibility index (Phi) is 8.22. The van der Waals surface area contributed by atoms with Gasteiger partial charge in [-0.3, -0.25) is 14.2 Å². The van der Waals surface area contributed by atoms with Gasteiger partial charge in [0, 0.05) is 19.2 Å². The summed E-state index contributed by atoms with van der Waals surface area (Å²) in [5.41, 5.74) is 1.03. The lowest BCUT2D eigenvalue weighted by Crippen LogP contribution is -2.39. The number of amides is 1. The highest BCUT2D eigenvalue weighted by molar-refractivity contribution is 5.95. The van der Waals surface area contributed by atoms with E-state index in [1.54, 1.807) is 48.0 Å². The first-order valence-corrected chi connectivity index (χ1v) is 11.3. The molecule has 33 heavy (non-hydrogen) atoms. The Morgan fingerprint density at radius 3 is 2.55 bits per heavy atom. The van der Waals surface area contributed by atoms with Gasteiger partial charge in [0.05, 0.1) is 37.2 Å². The standard InChI is InChI=1S/C26H33N3O4/c1-18(2)13-14-28(25(30)20-9-8-10-21(17-20)33-5)19(3)24-27-23-12-7-6-11-22(23)26(31)29(24)15-16-32-4/h6-12,17-19H,13-16H2,1-5H3. The second kappa shape index (κ2) is 11.1. The monoisotopic (exact) mass is 451 g/mol. The number of aromatic nitrogens is 2. The molecule has 0 fully saturated rings. The molecule has 1 amide bonds. The van der Waals surface area contributed by atoms with Crippen LogP contribution in [0.2, 0.25) is 0 Å². The molecule has 1 atom stereocenters. The molecule has 1 aromatic heterocycles. The lowest BCUT2D eigenvalue weighted by atomic mass is 10.1. The third-order valence-corrected chi connectivity index (χ3v) is 5.78. The number of carbonyl (C=O) groups excluding carboxylic acids is 1. The van der Waals surface area contributed by atoms with Crippen LogP contribution >= 0.6 is 0 Å². The molecule has 7 heteroatoms. The molecule has 0 saturated heterocycles. The van der Waals surface area contributed by atoms with Crippen molar-refractivity contribution in [2.75, 3.05) is 27.4 Å². The van der Waals surface area contributed by atoms with Gasteiger partial charge in [0.1, 0.15) is 11.6 Å². The predicted octanol–water partition coefficient (Wildman–Crippen LogP) is 4.30. The molecule has 0 spiro atoms. The van der Waals surface area contributed by atoms with Gasteiger partial charge in [-0.2, -0.15) is 0 Å². The van der Waals surface area contributed by atoms with E-state index < -0.39 is 6.04 Å². The first-order valence-electron chi connectivity index (χ1n) is 11.3. The molecule has 0 radical (unpaired) electrons. The van der Waals surface area contributed by atoms with Gasteiger partial charge in [-0.1, -0.05) is 32.0 Å². The zero-order valence-electron chi connectivity index (χ0n) is 20.1. The van der Waals surface area contributed by atoms with Crippen LogP contribution in [0.3, 0.4) is 0 Å². The van der Waals surface area contributed by atoms with Crippen molar-refractivity contribution in [1.82, 2.24) is 14.5 Å². The van der Waals surface area contributed by atoms with Crippen LogP contribution in [0.25, 0.3) is 10.9 Å². The summed E-state index contributed by atoms with van der Waals surface area (Å²) in [6.07, 6.45) is 0.829. The summed E-state index contributed by atoms with van der Waals surface area (Å²) in [5, 5.41) is 0.553.